The second-order valence-electron chi connectivity index (χ2n) is 4.47. The molecule has 2 heterocycles. The highest BCUT2D eigenvalue weighted by Gasteiger charge is 2.45. The molecule has 3 rings (SSSR count). The van der Waals surface area contributed by atoms with Gasteiger partial charge in [0.15, 0.2) is 5.82 Å². The van der Waals surface area contributed by atoms with Gasteiger partial charge in [-0.05, 0) is 31.0 Å². The summed E-state index contributed by atoms with van der Waals surface area (Å²) in [5, 5.41) is 6.83. The van der Waals surface area contributed by atoms with Gasteiger partial charge in [-0.25, -0.2) is 9.67 Å². The smallest absolute Gasteiger partial charge is 0.244 e. The van der Waals surface area contributed by atoms with Crippen molar-refractivity contribution >= 4 is 36.4 Å². The van der Waals surface area contributed by atoms with Gasteiger partial charge in [0, 0.05) is 12.4 Å². The van der Waals surface area contributed by atoms with Crippen molar-refractivity contribution in [1.82, 2.24) is 14.8 Å². The summed E-state index contributed by atoms with van der Waals surface area (Å²) in [5.41, 5.74) is 5.78. The maximum Gasteiger partial charge on any atom is 0.244 e. The SMILES string of the molecule is Cl.Cl.NC1(C(=O)Nc2ccc(-n3cccn3)nc2)CC1. The number of hydrogen-bond donors (Lipinski definition) is 2. The molecule has 1 aliphatic carbocycles. The third kappa shape index (κ3) is 3.27. The van der Waals surface area contributed by atoms with Crippen molar-refractivity contribution in [2.45, 2.75) is 18.4 Å². The number of aromatic nitrogens is 3. The van der Waals surface area contributed by atoms with Gasteiger partial charge >= 0.3 is 0 Å². The molecule has 0 saturated heterocycles. The topological polar surface area (TPSA) is 85.8 Å². The van der Waals surface area contributed by atoms with Gasteiger partial charge in [-0.15, -0.1) is 24.8 Å². The Hall–Kier alpha value is -1.63. The molecule has 108 valence electrons. The van der Waals surface area contributed by atoms with Crippen molar-refractivity contribution in [2.75, 3.05) is 5.32 Å². The van der Waals surface area contributed by atoms with Crippen molar-refractivity contribution in [3.05, 3.63) is 36.8 Å². The molecule has 0 spiro atoms. The second-order valence-corrected chi connectivity index (χ2v) is 4.47. The fourth-order valence-corrected chi connectivity index (χ4v) is 1.62. The molecular weight excluding hydrogens is 301 g/mol. The molecule has 1 aliphatic rings. The maximum absolute atomic E-state index is 11.7. The number of pyridine rings is 1. The Morgan fingerprint density at radius 2 is 2.10 bits per heavy atom. The third-order valence-electron chi connectivity index (χ3n) is 2.99. The first-order valence-corrected chi connectivity index (χ1v) is 5.74. The number of nitrogens with two attached hydrogens (primary N) is 1. The molecule has 2 aromatic rings. The number of hydrogen-bond acceptors (Lipinski definition) is 4. The predicted molar refractivity (Wildman–Crippen MR) is 80.6 cm³/mol. The van der Waals surface area contributed by atoms with Crippen LogP contribution >= 0.6 is 24.8 Å². The van der Waals surface area contributed by atoms with Gasteiger partial charge in [-0.2, -0.15) is 5.10 Å². The first-order valence-electron chi connectivity index (χ1n) is 5.74. The minimum Gasteiger partial charge on any atom is -0.323 e. The summed E-state index contributed by atoms with van der Waals surface area (Å²) in [4.78, 5) is 16.0. The monoisotopic (exact) mass is 315 g/mol. The lowest BCUT2D eigenvalue weighted by molar-refractivity contribution is -0.118. The minimum absolute atomic E-state index is 0. The minimum atomic E-state index is -0.666. The number of rotatable bonds is 3. The van der Waals surface area contributed by atoms with E-state index < -0.39 is 5.54 Å². The zero-order chi connectivity index (χ0) is 12.6. The normalized spacial score (nSPS) is 14.7. The highest BCUT2D eigenvalue weighted by atomic mass is 35.5. The highest BCUT2D eigenvalue weighted by Crippen LogP contribution is 2.33. The molecule has 20 heavy (non-hydrogen) atoms. The Morgan fingerprint density at radius 3 is 2.60 bits per heavy atom. The molecule has 0 atom stereocenters. The Bertz CT molecular complexity index is 566. The van der Waals surface area contributed by atoms with Gasteiger partial charge in [0.05, 0.1) is 17.4 Å². The molecule has 1 fully saturated rings. The molecule has 1 saturated carbocycles. The van der Waals surface area contributed by atoms with Gasteiger partial charge < -0.3 is 11.1 Å². The Kier molecular flexibility index (Phi) is 5.10. The highest BCUT2D eigenvalue weighted by molar-refractivity contribution is 5.99. The maximum atomic E-state index is 11.7. The van der Waals surface area contributed by atoms with E-state index >= 15 is 0 Å². The second kappa shape index (κ2) is 6.21. The lowest BCUT2D eigenvalue weighted by Gasteiger charge is -2.10. The molecule has 1 amide bonds. The number of amides is 1. The van der Waals surface area contributed by atoms with Gasteiger partial charge in [-0.3, -0.25) is 4.79 Å². The van der Waals surface area contributed by atoms with E-state index in [2.05, 4.69) is 15.4 Å². The number of carbonyl (C=O) groups is 1. The number of nitrogens with one attached hydrogen (secondary N) is 1. The number of carbonyl (C=O) groups excluding carboxylic acids is 1. The van der Waals surface area contributed by atoms with Crippen molar-refractivity contribution in [2.24, 2.45) is 5.73 Å². The zero-order valence-corrected chi connectivity index (χ0v) is 12.2. The molecule has 0 radical (unpaired) electrons. The summed E-state index contributed by atoms with van der Waals surface area (Å²) in [6, 6.07) is 5.40. The lowest BCUT2D eigenvalue weighted by Crippen LogP contribution is -2.37. The van der Waals surface area contributed by atoms with Gasteiger partial charge in [0.2, 0.25) is 5.91 Å². The largest absolute Gasteiger partial charge is 0.323 e. The van der Waals surface area contributed by atoms with E-state index in [9.17, 15) is 4.79 Å². The molecule has 6 nitrogen and oxygen atoms in total. The van der Waals surface area contributed by atoms with Crippen LogP contribution in [0.15, 0.2) is 36.8 Å². The summed E-state index contributed by atoms with van der Waals surface area (Å²) in [5.74, 6) is 0.558. The van der Waals surface area contributed by atoms with Crippen molar-refractivity contribution < 1.29 is 4.79 Å². The first kappa shape index (κ1) is 16.4. The van der Waals surface area contributed by atoms with Crippen LogP contribution in [0.5, 0.6) is 0 Å². The average molecular weight is 316 g/mol. The standard InChI is InChI=1S/C12H13N5O.2ClH/c13-12(4-5-12)11(18)16-9-2-3-10(14-8-9)17-7-1-6-15-17;;/h1-3,6-8H,4-5,13H2,(H,16,18);2*1H. The summed E-state index contributed by atoms with van der Waals surface area (Å²) < 4.78 is 1.65. The van der Waals surface area contributed by atoms with E-state index in [1.807, 2.05) is 6.07 Å². The van der Waals surface area contributed by atoms with Gasteiger partial charge in [0.25, 0.3) is 0 Å². The van der Waals surface area contributed by atoms with Crippen LogP contribution in [0, 0.1) is 0 Å². The summed E-state index contributed by atoms with van der Waals surface area (Å²) in [7, 11) is 0. The zero-order valence-electron chi connectivity index (χ0n) is 10.5. The van der Waals surface area contributed by atoms with Crippen LogP contribution in [0.25, 0.3) is 5.82 Å². The van der Waals surface area contributed by atoms with Crippen LogP contribution in [0.4, 0.5) is 5.69 Å². The van der Waals surface area contributed by atoms with Crippen LogP contribution in [0.1, 0.15) is 12.8 Å². The van der Waals surface area contributed by atoms with Gasteiger partial charge in [-0.1, -0.05) is 0 Å². The summed E-state index contributed by atoms with van der Waals surface area (Å²) in [6.45, 7) is 0. The van der Waals surface area contributed by atoms with E-state index in [4.69, 9.17) is 5.73 Å². The van der Waals surface area contributed by atoms with Crippen LogP contribution in [0.2, 0.25) is 0 Å². The van der Waals surface area contributed by atoms with E-state index in [-0.39, 0.29) is 30.7 Å². The van der Waals surface area contributed by atoms with Gasteiger partial charge in [0.1, 0.15) is 0 Å². The number of anilines is 1. The summed E-state index contributed by atoms with van der Waals surface area (Å²) in [6.07, 6.45) is 6.58. The van der Waals surface area contributed by atoms with Crippen LogP contribution in [-0.2, 0) is 4.79 Å². The quantitative estimate of drug-likeness (QED) is 0.899. The van der Waals surface area contributed by atoms with Crippen LogP contribution in [0.3, 0.4) is 0 Å². The fraction of sp³-hybridized carbons (Fsp3) is 0.250. The molecule has 2 aromatic heterocycles. The lowest BCUT2D eigenvalue weighted by atomic mass is 10.2. The molecule has 0 unspecified atom stereocenters. The van der Waals surface area contributed by atoms with E-state index in [0.29, 0.717) is 11.5 Å². The Balaban J connectivity index is 0.000001000. The van der Waals surface area contributed by atoms with Crippen molar-refractivity contribution in [1.29, 1.82) is 0 Å². The van der Waals surface area contributed by atoms with E-state index in [1.165, 1.54) is 0 Å². The molecule has 8 heteroatoms. The Labute approximate surface area is 128 Å². The molecule has 0 aliphatic heterocycles. The fourth-order valence-electron chi connectivity index (χ4n) is 1.62. The van der Waals surface area contributed by atoms with E-state index in [1.54, 1.807) is 35.4 Å². The molecular formula is C12H15Cl2N5O. The van der Waals surface area contributed by atoms with E-state index in [0.717, 1.165) is 12.8 Å². The summed E-state index contributed by atoms with van der Waals surface area (Å²) >= 11 is 0. The van der Waals surface area contributed by atoms with Crippen molar-refractivity contribution in [3.63, 3.8) is 0 Å². The number of nitrogens with zero attached hydrogens (tertiary/aromatic N) is 3. The first-order chi connectivity index (χ1) is 8.67. The van der Waals surface area contributed by atoms with Crippen molar-refractivity contribution in [3.8, 4) is 5.82 Å². The molecule has 3 N–H and O–H groups in total. The number of halogens is 2. The predicted octanol–water partition coefficient (Wildman–Crippen LogP) is 1.54. The molecule has 0 bridgehead atoms. The Morgan fingerprint density at radius 1 is 1.35 bits per heavy atom. The van der Waals surface area contributed by atoms with Crippen LogP contribution < -0.4 is 11.1 Å². The molecule has 0 aromatic carbocycles. The third-order valence-corrected chi connectivity index (χ3v) is 2.99. The average Bonchev–Trinajstić information content (AvgIpc) is 2.94. The van der Waals surface area contributed by atoms with Crippen LogP contribution in [-0.4, -0.2) is 26.2 Å².